The molecule has 0 aromatic rings. The molecule has 0 aromatic heterocycles. The molecule has 3 atom stereocenters. The molecule has 1 nitrogen and oxygen atoms in total. The van der Waals surface area contributed by atoms with Gasteiger partial charge >= 0.3 is 0 Å². The zero-order valence-corrected chi connectivity index (χ0v) is 12.3. The summed E-state index contributed by atoms with van der Waals surface area (Å²) in [4.78, 5) is 0. The molecule has 0 aromatic carbocycles. The number of hydrogen-bond acceptors (Lipinski definition) is 1. The fraction of sp³-hybridized carbons (Fsp3) is 1.00. The van der Waals surface area contributed by atoms with E-state index >= 15 is 0 Å². The summed E-state index contributed by atoms with van der Waals surface area (Å²) in [6.45, 7) is 16.4. The van der Waals surface area contributed by atoms with Gasteiger partial charge in [0.05, 0.1) is 0 Å². The first-order chi connectivity index (χ1) is 7.51. The highest BCUT2D eigenvalue weighted by Gasteiger charge is 2.11. The average Bonchev–Trinajstić information content (AvgIpc) is 2.23. The molecule has 0 fully saturated rings. The van der Waals surface area contributed by atoms with Crippen LogP contribution in [0.3, 0.4) is 0 Å². The Hall–Kier alpha value is -0.0400. The van der Waals surface area contributed by atoms with Gasteiger partial charge in [-0.1, -0.05) is 54.4 Å². The fourth-order valence-corrected chi connectivity index (χ4v) is 2.30. The first-order valence-corrected chi connectivity index (χ1v) is 7.21. The zero-order valence-electron chi connectivity index (χ0n) is 12.3. The Kier molecular flexibility index (Phi) is 9.02. The molecule has 0 aliphatic rings. The first-order valence-electron chi connectivity index (χ1n) is 7.21. The maximum atomic E-state index is 3.65. The summed E-state index contributed by atoms with van der Waals surface area (Å²) in [6, 6.07) is 0. The molecule has 0 heterocycles. The number of hydrogen-bond donors (Lipinski definition) is 1. The second-order valence-corrected chi connectivity index (χ2v) is 5.92. The van der Waals surface area contributed by atoms with Gasteiger partial charge in [-0.25, -0.2) is 0 Å². The van der Waals surface area contributed by atoms with Crippen molar-refractivity contribution in [3.05, 3.63) is 0 Å². The van der Waals surface area contributed by atoms with Crippen LogP contribution in [0.2, 0.25) is 0 Å². The van der Waals surface area contributed by atoms with E-state index in [1.54, 1.807) is 0 Å². The quantitative estimate of drug-likeness (QED) is 0.618. The lowest BCUT2D eigenvalue weighted by molar-refractivity contribution is 0.327. The fourth-order valence-electron chi connectivity index (χ4n) is 2.30. The van der Waals surface area contributed by atoms with Crippen LogP contribution in [0.15, 0.2) is 0 Å². The zero-order chi connectivity index (χ0) is 12.6. The maximum absolute atomic E-state index is 3.65. The van der Waals surface area contributed by atoms with E-state index < -0.39 is 0 Å². The molecule has 3 unspecified atom stereocenters. The van der Waals surface area contributed by atoms with Crippen molar-refractivity contribution in [2.24, 2.45) is 23.7 Å². The molecule has 16 heavy (non-hydrogen) atoms. The summed E-state index contributed by atoms with van der Waals surface area (Å²) < 4.78 is 0. The Bertz CT molecular complexity index is 154. The Labute approximate surface area is 103 Å². The monoisotopic (exact) mass is 227 g/mol. The smallest absolute Gasteiger partial charge is 0.00181 e. The van der Waals surface area contributed by atoms with E-state index in [0.29, 0.717) is 0 Å². The third-order valence-electron chi connectivity index (χ3n) is 3.87. The van der Waals surface area contributed by atoms with Crippen molar-refractivity contribution in [2.75, 3.05) is 13.1 Å². The van der Waals surface area contributed by atoms with Crippen LogP contribution >= 0.6 is 0 Å². The van der Waals surface area contributed by atoms with Crippen LogP contribution in [-0.4, -0.2) is 13.1 Å². The van der Waals surface area contributed by atoms with Gasteiger partial charge < -0.3 is 5.32 Å². The molecule has 0 spiro atoms. The lowest BCUT2D eigenvalue weighted by atomic mass is 9.92. The van der Waals surface area contributed by atoms with Crippen molar-refractivity contribution < 1.29 is 0 Å². The van der Waals surface area contributed by atoms with Crippen LogP contribution in [0.5, 0.6) is 0 Å². The average molecular weight is 227 g/mol. The summed E-state index contributed by atoms with van der Waals surface area (Å²) in [7, 11) is 0. The minimum atomic E-state index is 0.808. The van der Waals surface area contributed by atoms with E-state index in [1.807, 2.05) is 0 Å². The minimum Gasteiger partial charge on any atom is -0.316 e. The predicted octanol–water partition coefficient (Wildman–Crippen LogP) is 4.33. The van der Waals surface area contributed by atoms with Crippen LogP contribution in [-0.2, 0) is 0 Å². The van der Waals surface area contributed by atoms with Crippen molar-refractivity contribution in [1.29, 1.82) is 0 Å². The summed E-state index contributed by atoms with van der Waals surface area (Å²) in [5.74, 6) is 3.35. The SMILES string of the molecule is CCC(C)CC(C)CNCC(CC)C(C)C. The van der Waals surface area contributed by atoms with Crippen molar-refractivity contribution in [3.8, 4) is 0 Å². The highest BCUT2D eigenvalue weighted by atomic mass is 14.9. The molecule has 1 heteroatoms. The summed E-state index contributed by atoms with van der Waals surface area (Å²) in [5.41, 5.74) is 0. The van der Waals surface area contributed by atoms with Crippen LogP contribution < -0.4 is 5.32 Å². The number of nitrogens with one attached hydrogen (secondary N) is 1. The molecule has 98 valence electrons. The maximum Gasteiger partial charge on any atom is -0.00181 e. The van der Waals surface area contributed by atoms with Crippen molar-refractivity contribution >= 4 is 0 Å². The summed E-state index contributed by atoms with van der Waals surface area (Å²) in [5, 5.41) is 3.65. The van der Waals surface area contributed by atoms with Gasteiger partial charge in [0.1, 0.15) is 0 Å². The molecule has 0 aliphatic heterocycles. The summed E-state index contributed by atoms with van der Waals surface area (Å²) in [6.07, 6.45) is 3.97. The lowest BCUT2D eigenvalue weighted by Gasteiger charge is -2.22. The van der Waals surface area contributed by atoms with E-state index in [-0.39, 0.29) is 0 Å². The van der Waals surface area contributed by atoms with E-state index in [2.05, 4.69) is 46.9 Å². The Morgan fingerprint density at radius 3 is 1.88 bits per heavy atom. The van der Waals surface area contributed by atoms with Crippen molar-refractivity contribution in [3.63, 3.8) is 0 Å². The summed E-state index contributed by atoms with van der Waals surface area (Å²) >= 11 is 0. The largest absolute Gasteiger partial charge is 0.316 e. The first kappa shape index (κ1) is 16.0. The van der Waals surface area contributed by atoms with Crippen LogP contribution in [0.4, 0.5) is 0 Å². The van der Waals surface area contributed by atoms with Crippen LogP contribution in [0.1, 0.15) is 60.8 Å². The molecule has 1 N–H and O–H groups in total. The molecule has 0 radical (unpaired) electrons. The van der Waals surface area contributed by atoms with Crippen molar-refractivity contribution in [1.82, 2.24) is 5.32 Å². The second-order valence-electron chi connectivity index (χ2n) is 5.92. The van der Waals surface area contributed by atoms with Crippen LogP contribution in [0.25, 0.3) is 0 Å². The van der Waals surface area contributed by atoms with Gasteiger partial charge in [-0.2, -0.15) is 0 Å². The Morgan fingerprint density at radius 1 is 0.812 bits per heavy atom. The normalized spacial score (nSPS) is 17.4. The number of rotatable bonds is 9. The van der Waals surface area contributed by atoms with Gasteiger partial charge in [0.15, 0.2) is 0 Å². The standard InChI is InChI=1S/C15H33N/c1-7-13(5)9-14(6)10-16-11-15(8-2)12(3)4/h12-16H,7-11H2,1-6H3. The highest BCUT2D eigenvalue weighted by Crippen LogP contribution is 2.15. The van der Waals surface area contributed by atoms with Gasteiger partial charge in [0.2, 0.25) is 0 Å². The molecule has 0 aliphatic carbocycles. The Morgan fingerprint density at radius 2 is 1.44 bits per heavy atom. The molecule has 0 saturated heterocycles. The predicted molar refractivity (Wildman–Crippen MR) is 74.7 cm³/mol. The van der Waals surface area contributed by atoms with Gasteiger partial charge in [-0.05, 0) is 43.2 Å². The minimum absolute atomic E-state index is 0.808. The molecular weight excluding hydrogens is 194 g/mol. The van der Waals surface area contributed by atoms with Gasteiger partial charge in [0.25, 0.3) is 0 Å². The third kappa shape index (κ3) is 7.27. The topological polar surface area (TPSA) is 12.0 Å². The van der Waals surface area contributed by atoms with Gasteiger partial charge in [-0.3, -0.25) is 0 Å². The van der Waals surface area contributed by atoms with Gasteiger partial charge in [0, 0.05) is 0 Å². The lowest BCUT2D eigenvalue weighted by Crippen LogP contribution is -2.29. The van der Waals surface area contributed by atoms with Crippen LogP contribution in [0, 0.1) is 23.7 Å². The molecule has 0 rings (SSSR count). The molecule has 0 amide bonds. The second kappa shape index (κ2) is 9.04. The van der Waals surface area contributed by atoms with E-state index in [0.717, 1.165) is 23.7 Å². The third-order valence-corrected chi connectivity index (χ3v) is 3.87. The van der Waals surface area contributed by atoms with E-state index in [4.69, 9.17) is 0 Å². The molecule has 0 bridgehead atoms. The van der Waals surface area contributed by atoms with Gasteiger partial charge in [-0.15, -0.1) is 0 Å². The van der Waals surface area contributed by atoms with E-state index in [9.17, 15) is 0 Å². The van der Waals surface area contributed by atoms with Crippen molar-refractivity contribution in [2.45, 2.75) is 60.8 Å². The van der Waals surface area contributed by atoms with E-state index in [1.165, 1.54) is 32.4 Å². The Balaban J connectivity index is 3.63. The highest BCUT2D eigenvalue weighted by molar-refractivity contribution is 4.67. The molecule has 0 saturated carbocycles. The molecular formula is C15H33N.